The standard InChI is InChI=1S/C15H10ClFN2OS/c1-8-2-4-10(11(16)6-8)14(20)19-15-18-12-5-3-9(17)7-13(12)21-15/h2-7H,1H3,(H,18,19,20). The number of halogens is 2. The number of anilines is 1. The highest BCUT2D eigenvalue weighted by Gasteiger charge is 2.13. The molecule has 0 radical (unpaired) electrons. The van der Waals surface area contributed by atoms with E-state index in [-0.39, 0.29) is 11.7 Å². The van der Waals surface area contributed by atoms with Crippen LogP contribution in [0.1, 0.15) is 15.9 Å². The van der Waals surface area contributed by atoms with E-state index in [1.165, 1.54) is 23.5 Å². The molecule has 0 aliphatic heterocycles. The second kappa shape index (κ2) is 5.42. The van der Waals surface area contributed by atoms with Crippen molar-refractivity contribution in [2.45, 2.75) is 6.92 Å². The highest BCUT2D eigenvalue weighted by molar-refractivity contribution is 7.22. The van der Waals surface area contributed by atoms with E-state index in [9.17, 15) is 9.18 Å². The quantitative estimate of drug-likeness (QED) is 0.746. The summed E-state index contributed by atoms with van der Waals surface area (Å²) in [6.07, 6.45) is 0. The number of hydrogen-bond acceptors (Lipinski definition) is 3. The minimum Gasteiger partial charge on any atom is -0.298 e. The van der Waals surface area contributed by atoms with Gasteiger partial charge < -0.3 is 0 Å². The van der Waals surface area contributed by atoms with Crippen molar-refractivity contribution in [3.63, 3.8) is 0 Å². The van der Waals surface area contributed by atoms with Gasteiger partial charge in [0.25, 0.3) is 5.91 Å². The third kappa shape index (κ3) is 2.89. The van der Waals surface area contributed by atoms with Crippen LogP contribution >= 0.6 is 22.9 Å². The Labute approximate surface area is 129 Å². The topological polar surface area (TPSA) is 42.0 Å². The van der Waals surface area contributed by atoms with Crippen LogP contribution in [-0.2, 0) is 0 Å². The molecular weight excluding hydrogens is 311 g/mol. The average Bonchev–Trinajstić information content (AvgIpc) is 2.79. The summed E-state index contributed by atoms with van der Waals surface area (Å²) in [6, 6.07) is 9.51. The van der Waals surface area contributed by atoms with Crippen LogP contribution in [0.4, 0.5) is 9.52 Å². The van der Waals surface area contributed by atoms with E-state index >= 15 is 0 Å². The first kappa shape index (κ1) is 14.0. The first-order valence-corrected chi connectivity index (χ1v) is 7.36. The van der Waals surface area contributed by atoms with Crippen LogP contribution in [0, 0.1) is 12.7 Å². The van der Waals surface area contributed by atoms with Crippen molar-refractivity contribution in [2.75, 3.05) is 5.32 Å². The van der Waals surface area contributed by atoms with E-state index in [0.29, 0.717) is 25.9 Å². The summed E-state index contributed by atoms with van der Waals surface area (Å²) < 4.78 is 13.8. The molecule has 0 spiro atoms. The Morgan fingerprint density at radius 2 is 2.10 bits per heavy atom. The predicted octanol–water partition coefficient (Wildman–Crippen LogP) is 4.65. The third-order valence-electron chi connectivity index (χ3n) is 2.94. The smallest absolute Gasteiger partial charge is 0.258 e. The number of nitrogens with zero attached hydrogens (tertiary/aromatic N) is 1. The lowest BCUT2D eigenvalue weighted by Gasteiger charge is -2.04. The number of rotatable bonds is 2. The van der Waals surface area contributed by atoms with Crippen LogP contribution in [0.2, 0.25) is 5.02 Å². The predicted molar refractivity (Wildman–Crippen MR) is 83.7 cm³/mol. The number of carbonyl (C=O) groups excluding carboxylic acids is 1. The zero-order chi connectivity index (χ0) is 15.0. The summed E-state index contributed by atoms with van der Waals surface area (Å²) in [6.45, 7) is 1.90. The SMILES string of the molecule is Cc1ccc(C(=O)Nc2nc3ccc(F)cc3s2)c(Cl)c1. The van der Waals surface area contributed by atoms with Crippen LogP contribution in [0.3, 0.4) is 0 Å². The maximum atomic E-state index is 13.1. The van der Waals surface area contributed by atoms with Gasteiger partial charge in [-0.05, 0) is 42.8 Å². The van der Waals surface area contributed by atoms with Crippen LogP contribution < -0.4 is 5.32 Å². The van der Waals surface area contributed by atoms with Gasteiger partial charge in [0, 0.05) is 0 Å². The summed E-state index contributed by atoms with van der Waals surface area (Å²) in [5.74, 6) is -0.662. The van der Waals surface area contributed by atoms with Gasteiger partial charge in [-0.1, -0.05) is 29.0 Å². The van der Waals surface area contributed by atoms with Crippen molar-refractivity contribution < 1.29 is 9.18 Å². The molecule has 3 rings (SSSR count). The van der Waals surface area contributed by atoms with Gasteiger partial charge in [0.2, 0.25) is 0 Å². The second-order valence-corrected chi connectivity index (χ2v) is 6.01. The highest BCUT2D eigenvalue weighted by Crippen LogP contribution is 2.27. The Kier molecular flexibility index (Phi) is 3.61. The number of benzene rings is 2. The molecule has 0 bridgehead atoms. The highest BCUT2D eigenvalue weighted by atomic mass is 35.5. The Balaban J connectivity index is 1.89. The lowest BCUT2D eigenvalue weighted by atomic mass is 10.1. The fourth-order valence-electron chi connectivity index (χ4n) is 1.92. The van der Waals surface area contributed by atoms with Crippen LogP contribution in [-0.4, -0.2) is 10.9 Å². The van der Waals surface area contributed by atoms with Crippen molar-refractivity contribution in [2.24, 2.45) is 0 Å². The lowest BCUT2D eigenvalue weighted by Crippen LogP contribution is -2.12. The van der Waals surface area contributed by atoms with E-state index < -0.39 is 0 Å². The van der Waals surface area contributed by atoms with Crippen molar-refractivity contribution in [1.82, 2.24) is 4.98 Å². The molecule has 0 saturated heterocycles. The Hall–Kier alpha value is -1.98. The van der Waals surface area contributed by atoms with E-state index in [4.69, 9.17) is 11.6 Å². The van der Waals surface area contributed by atoms with Gasteiger partial charge in [-0.25, -0.2) is 9.37 Å². The summed E-state index contributed by atoms with van der Waals surface area (Å²) in [5.41, 5.74) is 2.01. The molecule has 0 unspecified atom stereocenters. The number of amides is 1. The number of hydrogen-bond donors (Lipinski definition) is 1. The number of nitrogens with one attached hydrogen (secondary N) is 1. The Bertz CT molecular complexity index is 847. The molecule has 2 aromatic carbocycles. The van der Waals surface area contributed by atoms with Gasteiger partial charge in [0.15, 0.2) is 5.13 Å². The molecule has 3 aromatic rings. The van der Waals surface area contributed by atoms with Crippen molar-refractivity contribution >= 4 is 44.2 Å². The van der Waals surface area contributed by atoms with E-state index in [1.54, 1.807) is 18.2 Å². The monoisotopic (exact) mass is 320 g/mol. The second-order valence-electron chi connectivity index (χ2n) is 4.57. The lowest BCUT2D eigenvalue weighted by molar-refractivity contribution is 0.102. The molecule has 1 heterocycles. The Morgan fingerprint density at radius 3 is 2.86 bits per heavy atom. The third-order valence-corrected chi connectivity index (χ3v) is 4.19. The van der Waals surface area contributed by atoms with Crippen LogP contribution in [0.25, 0.3) is 10.2 Å². The molecule has 1 N–H and O–H groups in total. The maximum absolute atomic E-state index is 13.1. The number of aromatic nitrogens is 1. The summed E-state index contributed by atoms with van der Waals surface area (Å²) in [7, 11) is 0. The fourth-order valence-corrected chi connectivity index (χ4v) is 3.13. The average molecular weight is 321 g/mol. The molecule has 1 amide bonds. The minimum atomic E-state index is -0.334. The molecule has 0 atom stereocenters. The zero-order valence-corrected chi connectivity index (χ0v) is 12.6. The number of carbonyl (C=O) groups is 1. The minimum absolute atomic E-state index is 0.328. The molecule has 0 fully saturated rings. The first-order chi connectivity index (χ1) is 10.0. The molecule has 21 heavy (non-hydrogen) atoms. The summed E-state index contributed by atoms with van der Waals surface area (Å²) in [5, 5.41) is 3.49. The van der Waals surface area contributed by atoms with Crippen molar-refractivity contribution in [1.29, 1.82) is 0 Å². The molecule has 0 saturated carbocycles. The van der Waals surface area contributed by atoms with Gasteiger partial charge in [0.1, 0.15) is 5.82 Å². The van der Waals surface area contributed by atoms with Crippen LogP contribution in [0.5, 0.6) is 0 Å². The summed E-state index contributed by atoms with van der Waals surface area (Å²) >= 11 is 7.28. The fraction of sp³-hybridized carbons (Fsp3) is 0.0667. The zero-order valence-electron chi connectivity index (χ0n) is 11.0. The first-order valence-electron chi connectivity index (χ1n) is 6.16. The van der Waals surface area contributed by atoms with Crippen molar-refractivity contribution in [3.8, 4) is 0 Å². The van der Waals surface area contributed by atoms with Gasteiger partial charge in [-0.3, -0.25) is 10.1 Å². The number of thiazole rings is 1. The number of aryl methyl sites for hydroxylation is 1. The van der Waals surface area contributed by atoms with Crippen LogP contribution in [0.15, 0.2) is 36.4 Å². The van der Waals surface area contributed by atoms with Gasteiger partial charge >= 0.3 is 0 Å². The van der Waals surface area contributed by atoms with Gasteiger partial charge in [0.05, 0.1) is 20.8 Å². The maximum Gasteiger partial charge on any atom is 0.258 e. The van der Waals surface area contributed by atoms with Gasteiger partial charge in [-0.15, -0.1) is 0 Å². The van der Waals surface area contributed by atoms with Gasteiger partial charge in [-0.2, -0.15) is 0 Å². The molecule has 3 nitrogen and oxygen atoms in total. The van der Waals surface area contributed by atoms with E-state index in [1.807, 2.05) is 13.0 Å². The molecule has 0 aliphatic rings. The number of fused-ring (bicyclic) bond motifs is 1. The van der Waals surface area contributed by atoms with E-state index in [0.717, 1.165) is 5.56 Å². The molecule has 1 aromatic heterocycles. The molecular formula is C15H10ClFN2OS. The summed E-state index contributed by atoms with van der Waals surface area (Å²) in [4.78, 5) is 16.4. The molecule has 106 valence electrons. The molecule has 0 aliphatic carbocycles. The Morgan fingerprint density at radius 1 is 1.29 bits per heavy atom. The van der Waals surface area contributed by atoms with Crippen molar-refractivity contribution in [3.05, 3.63) is 58.4 Å². The largest absolute Gasteiger partial charge is 0.298 e. The van der Waals surface area contributed by atoms with E-state index in [2.05, 4.69) is 10.3 Å². The normalized spacial score (nSPS) is 10.8. The molecule has 6 heteroatoms.